The van der Waals surface area contributed by atoms with Gasteiger partial charge in [0.2, 0.25) is 0 Å². The first-order valence-electron chi connectivity index (χ1n) is 5.46. The molecule has 0 aliphatic heterocycles. The number of anilines is 1. The zero-order chi connectivity index (χ0) is 9.80. The second kappa shape index (κ2) is 4.47. The van der Waals surface area contributed by atoms with Gasteiger partial charge in [-0.3, -0.25) is 0 Å². The Kier molecular flexibility index (Phi) is 3.04. The molecule has 2 rings (SSSR count). The van der Waals surface area contributed by atoms with Crippen LogP contribution in [0.5, 0.6) is 0 Å². The molecule has 1 aliphatic rings. The molecule has 0 spiro atoms. The molecule has 0 heterocycles. The SMILES string of the molecule is NCCNc1cccc2c1CCCC2. The third kappa shape index (κ3) is 1.90. The van der Waals surface area contributed by atoms with E-state index in [1.165, 1.54) is 42.5 Å². The molecule has 1 aromatic carbocycles. The van der Waals surface area contributed by atoms with Crippen LogP contribution in [0.3, 0.4) is 0 Å². The summed E-state index contributed by atoms with van der Waals surface area (Å²) in [4.78, 5) is 0. The maximum absolute atomic E-state index is 5.49. The zero-order valence-electron chi connectivity index (χ0n) is 8.55. The topological polar surface area (TPSA) is 38.0 Å². The van der Waals surface area contributed by atoms with E-state index in [4.69, 9.17) is 5.73 Å². The molecule has 1 aromatic rings. The summed E-state index contributed by atoms with van der Waals surface area (Å²) in [7, 11) is 0. The Labute approximate surface area is 85.5 Å². The van der Waals surface area contributed by atoms with Gasteiger partial charge in [0.25, 0.3) is 0 Å². The van der Waals surface area contributed by atoms with E-state index >= 15 is 0 Å². The van der Waals surface area contributed by atoms with Crippen LogP contribution in [0.4, 0.5) is 5.69 Å². The van der Waals surface area contributed by atoms with Crippen LogP contribution in [-0.4, -0.2) is 13.1 Å². The maximum Gasteiger partial charge on any atom is 0.0375 e. The molecule has 0 fully saturated rings. The van der Waals surface area contributed by atoms with Crippen molar-refractivity contribution in [3.8, 4) is 0 Å². The molecule has 1 aliphatic carbocycles. The second-order valence-electron chi connectivity index (χ2n) is 3.87. The van der Waals surface area contributed by atoms with E-state index < -0.39 is 0 Å². The molecule has 0 radical (unpaired) electrons. The van der Waals surface area contributed by atoms with Crippen molar-refractivity contribution in [3.63, 3.8) is 0 Å². The Morgan fingerprint density at radius 2 is 2.07 bits per heavy atom. The largest absolute Gasteiger partial charge is 0.384 e. The fourth-order valence-electron chi connectivity index (χ4n) is 2.15. The summed E-state index contributed by atoms with van der Waals surface area (Å²) in [5, 5.41) is 3.40. The van der Waals surface area contributed by atoms with E-state index in [9.17, 15) is 0 Å². The lowest BCUT2D eigenvalue weighted by atomic mass is 9.90. The summed E-state index contributed by atoms with van der Waals surface area (Å²) in [5.74, 6) is 0. The van der Waals surface area contributed by atoms with E-state index in [1.54, 1.807) is 0 Å². The number of nitrogens with one attached hydrogen (secondary N) is 1. The van der Waals surface area contributed by atoms with Crippen LogP contribution >= 0.6 is 0 Å². The summed E-state index contributed by atoms with van der Waals surface area (Å²) in [5.41, 5.74) is 9.84. The average molecular weight is 190 g/mol. The molecule has 0 saturated heterocycles. The van der Waals surface area contributed by atoms with Crippen LogP contribution in [0.25, 0.3) is 0 Å². The highest BCUT2D eigenvalue weighted by atomic mass is 14.9. The summed E-state index contributed by atoms with van der Waals surface area (Å²) in [6.07, 6.45) is 5.14. The maximum atomic E-state index is 5.49. The van der Waals surface area contributed by atoms with Gasteiger partial charge < -0.3 is 11.1 Å². The lowest BCUT2D eigenvalue weighted by Gasteiger charge is -2.19. The van der Waals surface area contributed by atoms with Crippen molar-refractivity contribution in [2.45, 2.75) is 25.7 Å². The number of rotatable bonds is 3. The average Bonchev–Trinajstić information content (AvgIpc) is 2.26. The second-order valence-corrected chi connectivity index (χ2v) is 3.87. The van der Waals surface area contributed by atoms with Crippen molar-refractivity contribution >= 4 is 5.69 Å². The predicted octanol–water partition coefficient (Wildman–Crippen LogP) is 1.94. The first kappa shape index (κ1) is 9.53. The molecule has 0 aromatic heterocycles. The fourth-order valence-corrected chi connectivity index (χ4v) is 2.15. The predicted molar refractivity (Wildman–Crippen MR) is 60.6 cm³/mol. The van der Waals surface area contributed by atoms with Gasteiger partial charge in [-0.15, -0.1) is 0 Å². The minimum absolute atomic E-state index is 0.698. The minimum Gasteiger partial charge on any atom is -0.384 e. The Balaban J connectivity index is 2.21. The standard InChI is InChI=1S/C12H18N2/c13-8-9-14-12-7-3-5-10-4-1-2-6-11(10)12/h3,5,7,14H,1-2,4,6,8-9,13H2. The molecule has 76 valence electrons. The summed E-state index contributed by atoms with van der Waals surface area (Å²) in [6.45, 7) is 1.57. The van der Waals surface area contributed by atoms with Gasteiger partial charge in [0.15, 0.2) is 0 Å². The first-order valence-corrected chi connectivity index (χ1v) is 5.46. The van der Waals surface area contributed by atoms with Gasteiger partial charge in [-0.25, -0.2) is 0 Å². The van der Waals surface area contributed by atoms with E-state index in [-0.39, 0.29) is 0 Å². The van der Waals surface area contributed by atoms with Gasteiger partial charge in [0, 0.05) is 18.8 Å². The van der Waals surface area contributed by atoms with Gasteiger partial charge >= 0.3 is 0 Å². The molecular weight excluding hydrogens is 172 g/mol. The highest BCUT2D eigenvalue weighted by Crippen LogP contribution is 2.27. The van der Waals surface area contributed by atoms with E-state index in [2.05, 4.69) is 23.5 Å². The molecule has 2 nitrogen and oxygen atoms in total. The molecule has 0 bridgehead atoms. The molecule has 0 atom stereocenters. The minimum atomic E-state index is 0.698. The van der Waals surface area contributed by atoms with Crippen LogP contribution in [0, 0.1) is 0 Å². The van der Waals surface area contributed by atoms with E-state index in [0.717, 1.165) is 6.54 Å². The Bertz CT molecular complexity index is 307. The number of nitrogens with two attached hydrogens (primary N) is 1. The smallest absolute Gasteiger partial charge is 0.0375 e. The number of hydrogen-bond donors (Lipinski definition) is 2. The van der Waals surface area contributed by atoms with Crippen molar-refractivity contribution in [1.29, 1.82) is 0 Å². The Morgan fingerprint density at radius 3 is 2.93 bits per heavy atom. The Morgan fingerprint density at radius 1 is 1.21 bits per heavy atom. The monoisotopic (exact) mass is 190 g/mol. The van der Waals surface area contributed by atoms with Crippen molar-refractivity contribution in [2.24, 2.45) is 5.73 Å². The molecule has 2 heteroatoms. The summed E-state index contributed by atoms with van der Waals surface area (Å²) >= 11 is 0. The molecular formula is C12H18N2. The van der Waals surface area contributed by atoms with Crippen molar-refractivity contribution < 1.29 is 0 Å². The van der Waals surface area contributed by atoms with Crippen LogP contribution in [0.2, 0.25) is 0 Å². The van der Waals surface area contributed by atoms with Crippen LogP contribution in [0.15, 0.2) is 18.2 Å². The normalized spacial score (nSPS) is 14.9. The highest BCUT2D eigenvalue weighted by molar-refractivity contribution is 5.55. The van der Waals surface area contributed by atoms with Crippen molar-refractivity contribution in [1.82, 2.24) is 0 Å². The molecule has 0 amide bonds. The van der Waals surface area contributed by atoms with Crippen molar-refractivity contribution in [3.05, 3.63) is 29.3 Å². The van der Waals surface area contributed by atoms with Crippen molar-refractivity contribution in [2.75, 3.05) is 18.4 Å². The highest BCUT2D eigenvalue weighted by Gasteiger charge is 2.11. The summed E-state index contributed by atoms with van der Waals surface area (Å²) in [6, 6.07) is 6.56. The number of benzene rings is 1. The number of aryl methyl sites for hydroxylation is 1. The molecule has 3 N–H and O–H groups in total. The van der Waals surface area contributed by atoms with Crippen LogP contribution in [0.1, 0.15) is 24.0 Å². The lowest BCUT2D eigenvalue weighted by molar-refractivity contribution is 0.686. The zero-order valence-corrected chi connectivity index (χ0v) is 8.55. The van der Waals surface area contributed by atoms with Crippen LogP contribution in [-0.2, 0) is 12.8 Å². The number of fused-ring (bicyclic) bond motifs is 1. The molecule has 0 unspecified atom stereocenters. The first-order chi connectivity index (χ1) is 6.92. The number of hydrogen-bond acceptors (Lipinski definition) is 2. The fraction of sp³-hybridized carbons (Fsp3) is 0.500. The quantitative estimate of drug-likeness (QED) is 0.764. The van der Waals surface area contributed by atoms with Gasteiger partial charge in [0.1, 0.15) is 0 Å². The van der Waals surface area contributed by atoms with Gasteiger partial charge in [-0.2, -0.15) is 0 Å². The lowest BCUT2D eigenvalue weighted by Crippen LogP contribution is -2.15. The van der Waals surface area contributed by atoms with Gasteiger partial charge in [-0.1, -0.05) is 12.1 Å². The van der Waals surface area contributed by atoms with E-state index in [1.807, 2.05) is 0 Å². The molecule has 0 saturated carbocycles. The summed E-state index contributed by atoms with van der Waals surface area (Å²) < 4.78 is 0. The van der Waals surface area contributed by atoms with Gasteiger partial charge in [-0.05, 0) is 42.9 Å². The Hall–Kier alpha value is -1.02. The third-order valence-corrected chi connectivity index (χ3v) is 2.86. The third-order valence-electron chi connectivity index (χ3n) is 2.86. The molecule has 14 heavy (non-hydrogen) atoms. The van der Waals surface area contributed by atoms with Gasteiger partial charge in [0.05, 0.1) is 0 Å². The van der Waals surface area contributed by atoms with Crippen LogP contribution < -0.4 is 11.1 Å². The van der Waals surface area contributed by atoms with E-state index in [0.29, 0.717) is 6.54 Å².